The zero-order chi connectivity index (χ0) is 32.5. The smallest absolute Gasteiger partial charge is 0.291 e. The molecule has 18 heteroatoms. The van der Waals surface area contributed by atoms with Crippen molar-refractivity contribution in [2.75, 3.05) is 39.3 Å². The average molecular weight is 1070 g/mol. The Morgan fingerprint density at radius 3 is 1.04 bits per heavy atom. The minimum Gasteiger partial charge on any atom is -0.550 e. The van der Waals surface area contributed by atoms with E-state index >= 15 is 0 Å². The molecule has 0 aromatic carbocycles. The molecule has 48 heavy (non-hydrogen) atoms. The first kappa shape index (κ1) is 72.8. The van der Waals surface area contributed by atoms with Gasteiger partial charge in [-0.25, -0.2) is 0 Å². The number of nitrogens with one attached hydrogen (secondary N) is 2. The van der Waals surface area contributed by atoms with Crippen molar-refractivity contribution in [2.24, 2.45) is 11.5 Å². The molecule has 0 spiro atoms. The Kier molecular flexibility index (Phi) is 109. The summed E-state index contributed by atoms with van der Waals surface area (Å²) >= 11 is 0. The van der Waals surface area contributed by atoms with Gasteiger partial charge in [0.05, 0.1) is 0 Å². The van der Waals surface area contributed by atoms with Crippen LogP contribution in [0.5, 0.6) is 0 Å². The summed E-state index contributed by atoms with van der Waals surface area (Å²) in [5.74, 6) is -1.84. The molecule has 0 aromatic heterocycles. The van der Waals surface area contributed by atoms with Crippen molar-refractivity contribution in [1.29, 1.82) is 0 Å². The van der Waals surface area contributed by atoms with Crippen molar-refractivity contribution >= 4 is 11.9 Å². The van der Waals surface area contributed by atoms with E-state index in [0.717, 1.165) is 77.8 Å². The van der Waals surface area contributed by atoms with E-state index < -0.39 is 17.0 Å². The molecule has 0 atom stereocenters. The van der Waals surface area contributed by atoms with Crippen LogP contribution >= 0.6 is 0 Å². The van der Waals surface area contributed by atoms with Crippen molar-refractivity contribution < 1.29 is 72.2 Å². The third-order valence-corrected chi connectivity index (χ3v) is 6.06. The molecule has 0 aromatic rings. The third-order valence-electron chi connectivity index (χ3n) is 6.06. The molecule has 0 unspecified atom stereocenters. The monoisotopic (exact) mass is 1070 g/mol. The Hall–Kier alpha value is -0.803. The molecule has 0 aliphatic rings. The zero-order valence-electron chi connectivity index (χ0n) is 30.3. The topological polar surface area (TPSA) is 360 Å². The molecule has 19 N–H and O–H groups in total. The second kappa shape index (κ2) is 72.0. The van der Waals surface area contributed by atoms with Gasteiger partial charge in [-0.3, -0.25) is 0 Å². The van der Waals surface area contributed by atoms with Crippen LogP contribution in [-0.2, 0) is 51.7 Å². The van der Waals surface area contributed by atoms with Crippen molar-refractivity contribution in [1.82, 2.24) is 35.2 Å². The normalized spacial score (nSPS) is 8.67. The summed E-state index contributed by atoms with van der Waals surface area (Å²) in [5.41, 5.74) is 10.9. The number of aliphatic carboxylic acids is 2. The minimum atomic E-state index is -1.50. The fraction of sp³-hybridized carbons (Fsp3) is 0.933. The number of rotatable bonds is 27. The maximum absolute atomic E-state index is 9.92. The number of nitrogens with two attached hydrogens (primary N) is 2. The van der Waals surface area contributed by atoms with Crippen LogP contribution in [0.3, 0.4) is 0 Å². The number of hydrogen-bond donors (Lipinski definition) is 9. The van der Waals surface area contributed by atoms with Gasteiger partial charge in [-0.2, -0.15) is 0 Å². The molecule has 0 saturated heterocycles. The van der Waals surface area contributed by atoms with E-state index in [1.807, 2.05) is 0 Å². The van der Waals surface area contributed by atoms with E-state index in [-0.39, 0.29) is 79.6 Å². The second-order valence-corrected chi connectivity index (χ2v) is 10.2. The molecule has 0 aliphatic heterocycles. The Balaban J connectivity index is -0.0000000527. The van der Waals surface area contributed by atoms with E-state index in [0.29, 0.717) is 0 Å². The first-order valence-corrected chi connectivity index (χ1v) is 16.2. The molecule has 0 rings (SSSR count). The van der Waals surface area contributed by atoms with E-state index in [4.69, 9.17) is 26.8 Å². The quantitative estimate of drug-likeness (QED) is 0.0322. The van der Waals surface area contributed by atoms with Gasteiger partial charge in [0.15, 0.2) is 0 Å². The van der Waals surface area contributed by atoms with Crippen LogP contribution in [0.2, 0.25) is 0 Å². The van der Waals surface area contributed by atoms with Crippen LogP contribution < -0.4 is 56.9 Å². The molecule has 306 valence electrons. The van der Waals surface area contributed by atoms with Crippen molar-refractivity contribution in [3.8, 4) is 0 Å². The molecular formula is C30H77N9O7Pt2-2. The van der Waals surface area contributed by atoms with Gasteiger partial charge in [0.2, 0.25) is 0 Å². The van der Waals surface area contributed by atoms with E-state index in [1.165, 1.54) is 77.0 Å². The van der Waals surface area contributed by atoms with Gasteiger partial charge >= 0.3 is 0 Å². The number of nitrogens with zero attached hydrogens (tertiary/aromatic N) is 1. The first-order chi connectivity index (χ1) is 20.2. The van der Waals surface area contributed by atoms with Gasteiger partial charge in [-0.15, -0.1) is 10.1 Å². The van der Waals surface area contributed by atoms with E-state index in [1.54, 1.807) is 0 Å². The van der Waals surface area contributed by atoms with Crippen LogP contribution in [0.15, 0.2) is 0 Å². The summed E-state index contributed by atoms with van der Waals surface area (Å²) in [6, 6.07) is 0. The summed E-state index contributed by atoms with van der Waals surface area (Å²) in [6.07, 6.45) is 21.3. The summed E-state index contributed by atoms with van der Waals surface area (Å²) < 4.78 is 0. The van der Waals surface area contributed by atoms with Crippen LogP contribution in [-0.4, -0.2) is 61.5 Å². The van der Waals surface area contributed by atoms with Gasteiger partial charge in [0, 0.05) is 67.2 Å². The predicted octanol–water partition coefficient (Wildman–Crippen LogP) is 3.69. The van der Waals surface area contributed by atoms with Gasteiger partial charge in [0.1, 0.15) is 0 Å². The number of carboxylic acid groups (broad SMARTS) is 2. The maximum atomic E-state index is 9.92. The second-order valence-electron chi connectivity index (χ2n) is 10.2. The van der Waals surface area contributed by atoms with E-state index in [9.17, 15) is 19.8 Å². The average Bonchev–Trinajstić information content (AvgIpc) is 2.93. The molecule has 0 fully saturated rings. The predicted molar refractivity (Wildman–Crippen MR) is 186 cm³/mol. The molecule has 0 saturated carbocycles. The maximum Gasteiger partial charge on any atom is 0.291 e. The molecule has 0 heterocycles. The molecular weight excluding hydrogens is 989 g/mol. The molecule has 0 aliphatic carbocycles. The van der Waals surface area contributed by atoms with Crippen LogP contribution in [0, 0.1) is 10.1 Å². The third kappa shape index (κ3) is 111. The summed E-state index contributed by atoms with van der Waals surface area (Å²) in [5, 5.41) is 40.4. The van der Waals surface area contributed by atoms with Crippen molar-refractivity contribution in [3.63, 3.8) is 0 Å². The van der Waals surface area contributed by atoms with Gasteiger partial charge < -0.3 is 71.7 Å². The van der Waals surface area contributed by atoms with Crippen molar-refractivity contribution in [3.05, 3.63) is 10.1 Å². The largest absolute Gasteiger partial charge is 0.550 e. The number of carbonyl (C=O) groups excluding carboxylic acids is 2. The van der Waals surface area contributed by atoms with Gasteiger partial charge in [-0.1, -0.05) is 90.9 Å². The Bertz CT molecular complexity index is 523. The molecule has 0 bridgehead atoms. The van der Waals surface area contributed by atoms with Crippen LogP contribution in [0.25, 0.3) is 0 Å². The summed E-state index contributed by atoms with van der Waals surface area (Å²) in [6.45, 7) is 10.4. The van der Waals surface area contributed by atoms with Crippen molar-refractivity contribution in [2.45, 2.75) is 142 Å². The number of carboxylic acids is 2. The summed E-state index contributed by atoms with van der Waals surface area (Å²) in [4.78, 5) is 28.2. The Morgan fingerprint density at radius 2 is 0.792 bits per heavy atom. The summed E-state index contributed by atoms with van der Waals surface area (Å²) in [7, 11) is 0. The number of carbonyl (C=O) groups is 2. The van der Waals surface area contributed by atoms with E-state index in [2.05, 4.69) is 24.5 Å². The van der Waals surface area contributed by atoms with Crippen LogP contribution in [0.1, 0.15) is 142 Å². The Labute approximate surface area is 321 Å². The standard InChI is InChI=1S/C14H34N4.2C8H16O2.HNO3.4H3N.2Pt/c15-9-5-1-3-7-11-17-13-14-18-12-8-4-2-6-10-16;2*1-2-3-4-5-6-7-8(9)10;2-1(3)4;;;;;;/h17-18H,1-16H2;2*2-7H2,1H3,(H,9,10);(H,2,3,4);4*1H3;;/p-2. The van der Waals surface area contributed by atoms with Gasteiger partial charge in [0.25, 0.3) is 5.09 Å². The minimum absolute atomic E-state index is 0. The molecule has 0 radical (unpaired) electrons. The van der Waals surface area contributed by atoms with Crippen LogP contribution in [0.4, 0.5) is 0 Å². The fourth-order valence-electron chi connectivity index (χ4n) is 3.67. The fourth-order valence-corrected chi connectivity index (χ4v) is 3.67. The number of unbranched alkanes of at least 4 members (excludes halogenated alkanes) is 14. The molecule has 16 nitrogen and oxygen atoms in total. The Morgan fingerprint density at radius 1 is 0.542 bits per heavy atom. The number of hydrogen-bond acceptors (Lipinski definition) is 14. The first-order valence-electron chi connectivity index (χ1n) is 16.2. The SMILES string of the molecule is CCCCCCCC(=O)[O-].CCCCCCCC(=O)[O-].N.N.N.N.NCCCCCCNCCNCCCCCCN.O=[N+]([O-])O.[Pt].[Pt]. The molecule has 0 amide bonds. The van der Waals surface area contributed by atoms with Gasteiger partial charge in [-0.05, 0) is 77.5 Å². The zero-order valence-corrected chi connectivity index (χ0v) is 34.9.